The molecule has 3 nitrogen and oxygen atoms in total. The highest BCUT2D eigenvalue weighted by atomic mass is 35.5. The van der Waals surface area contributed by atoms with Gasteiger partial charge in [-0.25, -0.2) is 4.79 Å². The Kier molecular flexibility index (Phi) is 3.76. The van der Waals surface area contributed by atoms with Crippen LogP contribution in [0.2, 0.25) is 0 Å². The summed E-state index contributed by atoms with van der Waals surface area (Å²) in [6.07, 6.45) is -0.193. The predicted molar refractivity (Wildman–Crippen MR) is 31.7 cm³/mol. The molecule has 0 rings (SSSR count). The van der Waals surface area contributed by atoms with E-state index in [0.717, 1.165) is 0 Å². The first kappa shape index (κ1) is 8.21. The van der Waals surface area contributed by atoms with Crippen molar-refractivity contribution in [3.05, 3.63) is 5.03 Å². The van der Waals surface area contributed by atoms with Gasteiger partial charge in [-0.2, -0.15) is 0 Å². The average Bonchev–Trinajstić information content (AvgIpc) is 1.87. The van der Waals surface area contributed by atoms with Crippen molar-refractivity contribution in [3.8, 4) is 0 Å². The Morgan fingerprint density at radius 1 is 1.78 bits per heavy atom. The number of carbonyl (C=O) groups excluding carboxylic acids is 2. The van der Waals surface area contributed by atoms with Crippen LogP contribution in [0.3, 0.4) is 0 Å². The van der Waals surface area contributed by atoms with E-state index in [1.165, 1.54) is 13.1 Å². The summed E-state index contributed by atoms with van der Waals surface area (Å²) in [7, 11) is 1.22. The lowest BCUT2D eigenvalue weighted by atomic mass is 10.4. The second kappa shape index (κ2) is 4.13. The Bertz CT molecular complexity index is 158. The largest absolute Gasteiger partial charge is 0.469 e. The molecular formula is C5H5ClO3. The van der Waals surface area contributed by atoms with Gasteiger partial charge in [0.15, 0.2) is 0 Å². The van der Waals surface area contributed by atoms with Crippen molar-refractivity contribution in [1.29, 1.82) is 0 Å². The van der Waals surface area contributed by atoms with E-state index in [1.807, 2.05) is 0 Å². The van der Waals surface area contributed by atoms with Crippen molar-refractivity contribution in [2.75, 3.05) is 7.11 Å². The Hall–Kier alpha value is -0.790. The number of rotatable bonds is 2. The molecule has 9 heavy (non-hydrogen) atoms. The van der Waals surface area contributed by atoms with Crippen LogP contribution in [0.4, 0.5) is 0 Å². The molecule has 0 heterocycles. The molecule has 0 aromatic heterocycles. The molecule has 0 saturated carbocycles. The molecular weight excluding hydrogens is 144 g/mol. The standard InChI is InChI=1S/C5H5ClO3/c1-9-5(8)2-4(6)3-7/h2H2,1H3. The van der Waals surface area contributed by atoms with E-state index in [9.17, 15) is 9.59 Å². The smallest absolute Gasteiger partial charge is 0.311 e. The molecule has 0 N–H and O–H groups in total. The van der Waals surface area contributed by atoms with E-state index in [4.69, 9.17) is 11.6 Å². The van der Waals surface area contributed by atoms with Gasteiger partial charge in [0.05, 0.1) is 13.5 Å². The minimum atomic E-state index is -0.539. The third-order valence-corrected chi connectivity index (χ3v) is 0.849. The minimum Gasteiger partial charge on any atom is -0.469 e. The molecule has 0 amide bonds. The fourth-order valence-electron chi connectivity index (χ4n) is 0.235. The van der Waals surface area contributed by atoms with Crippen molar-refractivity contribution in [1.82, 2.24) is 0 Å². The van der Waals surface area contributed by atoms with Crippen LogP contribution in [0.25, 0.3) is 0 Å². The molecule has 0 spiro atoms. The molecule has 0 saturated heterocycles. The highest BCUT2D eigenvalue weighted by Gasteiger charge is 2.02. The molecule has 0 aliphatic carbocycles. The van der Waals surface area contributed by atoms with Crippen molar-refractivity contribution in [3.63, 3.8) is 0 Å². The third-order valence-electron chi connectivity index (χ3n) is 0.638. The molecule has 0 aromatic carbocycles. The molecule has 0 bridgehead atoms. The number of methoxy groups -OCH3 is 1. The minimum absolute atomic E-state index is 0.165. The Labute approximate surface area is 57.2 Å². The Morgan fingerprint density at radius 2 is 2.33 bits per heavy atom. The van der Waals surface area contributed by atoms with Crippen LogP contribution in [0.15, 0.2) is 5.03 Å². The number of hydrogen-bond donors (Lipinski definition) is 0. The van der Waals surface area contributed by atoms with Crippen LogP contribution >= 0.6 is 11.6 Å². The summed E-state index contributed by atoms with van der Waals surface area (Å²) >= 11 is 5.13. The fourth-order valence-corrected chi connectivity index (χ4v) is 0.344. The van der Waals surface area contributed by atoms with Crippen molar-refractivity contribution >= 4 is 23.5 Å². The zero-order chi connectivity index (χ0) is 7.28. The normalized spacial score (nSPS) is 7.78. The van der Waals surface area contributed by atoms with Gasteiger partial charge in [-0.1, -0.05) is 11.6 Å². The molecule has 0 unspecified atom stereocenters. The molecule has 0 aliphatic rings. The summed E-state index contributed by atoms with van der Waals surface area (Å²) in [5.41, 5.74) is 0. The van der Waals surface area contributed by atoms with Gasteiger partial charge in [0.2, 0.25) is 0 Å². The SMILES string of the molecule is COC(=O)CC(Cl)=C=O. The van der Waals surface area contributed by atoms with Gasteiger partial charge in [0, 0.05) is 0 Å². The lowest BCUT2D eigenvalue weighted by Crippen LogP contribution is -1.99. The topological polar surface area (TPSA) is 43.4 Å². The maximum atomic E-state index is 10.3. The molecule has 4 heteroatoms. The van der Waals surface area contributed by atoms with Crippen molar-refractivity contribution in [2.24, 2.45) is 0 Å². The quantitative estimate of drug-likeness (QED) is 0.423. The molecule has 0 aliphatic heterocycles. The lowest BCUT2D eigenvalue weighted by molar-refractivity contribution is -0.139. The zero-order valence-electron chi connectivity index (χ0n) is 4.81. The summed E-state index contributed by atoms with van der Waals surface area (Å²) in [5, 5.41) is -0.165. The van der Waals surface area contributed by atoms with E-state index in [1.54, 1.807) is 0 Å². The molecule has 0 atom stereocenters. The third kappa shape index (κ3) is 3.76. The molecule has 0 radical (unpaired) electrons. The number of esters is 1. The van der Waals surface area contributed by atoms with E-state index in [-0.39, 0.29) is 11.5 Å². The summed E-state index contributed by atoms with van der Waals surface area (Å²) < 4.78 is 4.20. The number of ether oxygens (including phenoxy) is 1. The van der Waals surface area contributed by atoms with Gasteiger partial charge in [0.25, 0.3) is 0 Å². The molecule has 0 aromatic rings. The second-order valence-electron chi connectivity index (χ2n) is 1.26. The summed E-state index contributed by atoms with van der Waals surface area (Å²) in [5.74, 6) is 0.823. The van der Waals surface area contributed by atoms with E-state index in [2.05, 4.69) is 4.74 Å². The van der Waals surface area contributed by atoms with Gasteiger partial charge in [-0.15, -0.1) is 0 Å². The van der Waals surface area contributed by atoms with E-state index < -0.39 is 5.97 Å². The van der Waals surface area contributed by atoms with Gasteiger partial charge >= 0.3 is 5.97 Å². The maximum absolute atomic E-state index is 10.3. The van der Waals surface area contributed by atoms with Crippen molar-refractivity contribution in [2.45, 2.75) is 6.42 Å². The van der Waals surface area contributed by atoms with Crippen LogP contribution in [0.1, 0.15) is 6.42 Å². The van der Waals surface area contributed by atoms with Crippen LogP contribution in [-0.4, -0.2) is 19.0 Å². The molecule has 0 fully saturated rings. The fraction of sp³-hybridized carbons (Fsp3) is 0.400. The van der Waals surface area contributed by atoms with Crippen LogP contribution in [0, 0.1) is 0 Å². The maximum Gasteiger partial charge on any atom is 0.311 e. The van der Waals surface area contributed by atoms with E-state index in [0.29, 0.717) is 0 Å². The van der Waals surface area contributed by atoms with Crippen LogP contribution < -0.4 is 0 Å². The summed E-state index contributed by atoms with van der Waals surface area (Å²) in [4.78, 5) is 19.9. The van der Waals surface area contributed by atoms with Crippen LogP contribution in [0.5, 0.6) is 0 Å². The van der Waals surface area contributed by atoms with Crippen LogP contribution in [-0.2, 0) is 14.3 Å². The zero-order valence-corrected chi connectivity index (χ0v) is 5.57. The first-order valence-corrected chi connectivity index (χ1v) is 2.54. The van der Waals surface area contributed by atoms with Gasteiger partial charge < -0.3 is 4.74 Å². The highest BCUT2D eigenvalue weighted by molar-refractivity contribution is 6.34. The summed E-state index contributed by atoms with van der Waals surface area (Å²) in [6, 6.07) is 0. The van der Waals surface area contributed by atoms with Gasteiger partial charge in [-0.05, 0) is 0 Å². The number of hydrogen-bond acceptors (Lipinski definition) is 3. The predicted octanol–water partition coefficient (Wildman–Crippen LogP) is 0.504. The lowest BCUT2D eigenvalue weighted by Gasteiger charge is -1.91. The summed E-state index contributed by atoms with van der Waals surface area (Å²) in [6.45, 7) is 0. The van der Waals surface area contributed by atoms with Crippen molar-refractivity contribution < 1.29 is 14.3 Å². The van der Waals surface area contributed by atoms with E-state index >= 15 is 0 Å². The van der Waals surface area contributed by atoms with Gasteiger partial charge in [-0.3, -0.25) is 4.79 Å². The number of halogens is 1. The monoisotopic (exact) mass is 148 g/mol. The average molecular weight is 149 g/mol. The highest BCUT2D eigenvalue weighted by Crippen LogP contribution is 2.01. The van der Waals surface area contributed by atoms with Gasteiger partial charge in [0.1, 0.15) is 11.0 Å². The Morgan fingerprint density at radius 3 is 2.67 bits per heavy atom. The first-order valence-electron chi connectivity index (χ1n) is 2.17. The number of carbonyl (C=O) groups is 1. The Balaban J connectivity index is 3.74. The first-order chi connectivity index (χ1) is 4.20. The molecule has 50 valence electrons. The second-order valence-corrected chi connectivity index (χ2v) is 1.72.